The predicted molar refractivity (Wildman–Crippen MR) is 391 cm³/mol. The Morgan fingerprint density at radius 1 is 0.182 bits per heavy atom. The quantitative estimate of drug-likeness (QED) is 0.146. The highest BCUT2D eigenvalue weighted by Gasteiger charge is 2.03. The maximum absolute atomic E-state index is 4.44. The summed E-state index contributed by atoms with van der Waals surface area (Å²) in [7, 11) is 0. The molecule has 0 atom stereocenters. The van der Waals surface area contributed by atoms with Gasteiger partial charge in [0.1, 0.15) is 17.5 Å². The van der Waals surface area contributed by atoms with E-state index in [9.17, 15) is 0 Å². The van der Waals surface area contributed by atoms with Crippen LogP contribution in [0.1, 0.15) is 179 Å². The van der Waals surface area contributed by atoms with Gasteiger partial charge in [-0.25, -0.2) is 29.9 Å². The van der Waals surface area contributed by atoms with Gasteiger partial charge in [-0.3, -0.25) is 15.0 Å². The van der Waals surface area contributed by atoms with Crippen LogP contribution in [-0.4, -0.2) is 44.9 Å². The molecule has 6 heterocycles. The zero-order valence-electron chi connectivity index (χ0n) is 59.6. The first-order chi connectivity index (χ1) is 42.6. The summed E-state index contributed by atoms with van der Waals surface area (Å²) in [5.74, 6) is 2.52. The van der Waals surface area contributed by atoms with E-state index in [4.69, 9.17) is 0 Å². The molecule has 0 bridgehead atoms. The van der Waals surface area contributed by atoms with Gasteiger partial charge in [-0.2, -0.15) is 0 Å². The molecule has 0 spiro atoms. The number of rotatable bonds is 0. The lowest BCUT2D eigenvalue weighted by atomic mass is 10.1. The number of nitrogens with zero attached hydrogens (tertiary/aromatic N) is 9. The maximum Gasteiger partial charge on any atom is 0.126 e. The van der Waals surface area contributed by atoms with Crippen molar-refractivity contribution in [1.82, 2.24) is 44.9 Å². The lowest BCUT2D eigenvalue weighted by molar-refractivity contribution is 1.05. The average Bonchev–Trinajstić information content (AvgIpc) is 3.77. The minimum atomic E-state index is 0.839. The molecule has 0 aliphatic rings. The molecule has 6 aromatic carbocycles. The van der Waals surface area contributed by atoms with Crippen molar-refractivity contribution >= 4 is 65.4 Å². The number of hydrogen-bond acceptors (Lipinski definition) is 9. The lowest BCUT2D eigenvalue weighted by Gasteiger charge is -2.01. The van der Waals surface area contributed by atoms with Crippen molar-refractivity contribution in [2.45, 2.75) is 194 Å². The van der Waals surface area contributed by atoms with Gasteiger partial charge < -0.3 is 0 Å². The first-order valence-corrected chi connectivity index (χ1v) is 32.2. The minimum absolute atomic E-state index is 0.839. The molecule has 0 N–H and O–H groups in total. The number of aromatic nitrogens is 9. The summed E-state index contributed by atoms with van der Waals surface area (Å²) in [6, 6.07) is 55.2. The van der Waals surface area contributed by atoms with E-state index in [-0.39, 0.29) is 0 Å². The van der Waals surface area contributed by atoms with E-state index >= 15 is 0 Å². The molecule has 6 aromatic heterocycles. The second-order valence-electron chi connectivity index (χ2n) is 17.9. The third kappa shape index (κ3) is 27.1. The third-order valence-electron chi connectivity index (χ3n) is 11.9. The first-order valence-electron chi connectivity index (χ1n) is 32.2. The van der Waals surface area contributed by atoms with Crippen LogP contribution in [0.5, 0.6) is 0 Å². The zero-order chi connectivity index (χ0) is 67.3. The molecule has 472 valence electrons. The third-order valence-corrected chi connectivity index (χ3v) is 11.9. The molecule has 0 amide bonds. The molecule has 0 unspecified atom stereocenters. The number of hydrogen-bond donors (Lipinski definition) is 0. The largest absolute Gasteiger partial charge is 0.253 e. The van der Waals surface area contributed by atoms with Crippen LogP contribution >= 0.6 is 0 Å². The van der Waals surface area contributed by atoms with Crippen LogP contribution in [-0.2, 0) is 0 Å². The number of aryl methyl sites for hydroxylation is 12. The van der Waals surface area contributed by atoms with E-state index in [2.05, 4.69) is 120 Å². The van der Waals surface area contributed by atoms with E-state index in [0.717, 1.165) is 101 Å². The maximum atomic E-state index is 4.44. The van der Waals surface area contributed by atoms with Gasteiger partial charge in [-0.1, -0.05) is 220 Å². The monoisotopic (exact) mass is 1190 g/mol. The van der Waals surface area contributed by atoms with Gasteiger partial charge in [-0.05, 0) is 154 Å². The van der Waals surface area contributed by atoms with Crippen molar-refractivity contribution in [1.29, 1.82) is 0 Å². The van der Waals surface area contributed by atoms with Gasteiger partial charge >= 0.3 is 0 Å². The highest BCUT2D eigenvalue weighted by atomic mass is 14.9. The van der Waals surface area contributed by atoms with Gasteiger partial charge in [0.25, 0.3) is 0 Å². The van der Waals surface area contributed by atoms with E-state index in [0.29, 0.717) is 0 Å². The summed E-state index contributed by atoms with van der Waals surface area (Å²) in [6.45, 7) is 56.2. The van der Waals surface area contributed by atoms with Crippen molar-refractivity contribution in [3.63, 3.8) is 0 Å². The molecule has 0 saturated heterocycles. The van der Waals surface area contributed by atoms with Gasteiger partial charge in [0.05, 0.1) is 33.1 Å². The average molecular weight is 1190 g/mol. The van der Waals surface area contributed by atoms with Gasteiger partial charge in [0, 0.05) is 66.5 Å². The second-order valence-corrected chi connectivity index (χ2v) is 17.9. The number of benzene rings is 6. The molecule has 0 fully saturated rings. The van der Waals surface area contributed by atoms with Crippen LogP contribution in [0, 0.1) is 83.1 Å². The van der Waals surface area contributed by atoms with Crippen LogP contribution in [0.2, 0.25) is 0 Å². The lowest BCUT2D eigenvalue weighted by Crippen LogP contribution is -1.92. The van der Waals surface area contributed by atoms with Crippen LogP contribution in [0.4, 0.5) is 0 Å². The van der Waals surface area contributed by atoms with Crippen LogP contribution < -0.4 is 0 Å². The Kier molecular flexibility index (Phi) is 44.2. The number of para-hydroxylation sites is 6. The molecule has 0 aliphatic carbocycles. The Bertz CT molecular complexity index is 3170. The summed E-state index contributed by atoms with van der Waals surface area (Å²) >= 11 is 0. The molecule has 0 aliphatic heterocycles. The Hall–Kier alpha value is -8.43. The fraction of sp³-hybridized carbons (Fsp3) is 0.354. The molecule has 9 heteroatoms. The highest BCUT2D eigenvalue weighted by molar-refractivity contribution is 5.85. The SMILES string of the molecule is CC.CC.CC.CC.CC.CC.CC.CC.Cc1cc(C)c2ccccc2n1.Cc1cc(C)c2ccccc2n1.Cc1cc(C)c2ccccc2n1.Cc1nc(C)c2ccccc2n1.Cc1nc(C)c2ccccc2n1.Cc1nc(C)c2ccccc2n1. The fourth-order valence-corrected chi connectivity index (χ4v) is 8.69. The predicted octanol–water partition coefficient (Wildman–Crippen LogP) is 23.5. The van der Waals surface area contributed by atoms with Crippen molar-refractivity contribution < 1.29 is 0 Å². The minimum Gasteiger partial charge on any atom is -0.253 e. The van der Waals surface area contributed by atoms with Gasteiger partial charge in [0.15, 0.2) is 0 Å². The first kappa shape index (κ1) is 81.6. The van der Waals surface area contributed by atoms with Crippen LogP contribution in [0.15, 0.2) is 164 Å². The number of fused-ring (bicyclic) bond motifs is 6. The second kappa shape index (κ2) is 47.7. The molecular formula is C79H111N9. The Morgan fingerprint density at radius 2 is 0.341 bits per heavy atom. The molecule has 0 radical (unpaired) electrons. The Balaban J connectivity index is 0. The molecular weight excluding hydrogens is 1070 g/mol. The summed E-state index contributed by atoms with van der Waals surface area (Å²) in [6.07, 6.45) is 0. The van der Waals surface area contributed by atoms with Crippen molar-refractivity contribution in [3.8, 4) is 0 Å². The topological polar surface area (TPSA) is 116 Å². The van der Waals surface area contributed by atoms with E-state index in [1.54, 1.807) is 0 Å². The molecule has 12 aromatic rings. The van der Waals surface area contributed by atoms with E-state index in [1.807, 2.05) is 282 Å². The summed E-state index contributed by atoms with van der Waals surface area (Å²) in [5.41, 5.74) is 16.7. The summed E-state index contributed by atoms with van der Waals surface area (Å²) in [4.78, 5) is 39.2. The van der Waals surface area contributed by atoms with Crippen LogP contribution in [0.3, 0.4) is 0 Å². The normalized spacial score (nSPS) is 9.14. The fourth-order valence-electron chi connectivity index (χ4n) is 8.69. The van der Waals surface area contributed by atoms with Crippen molar-refractivity contribution in [2.75, 3.05) is 0 Å². The molecule has 88 heavy (non-hydrogen) atoms. The summed E-state index contributed by atoms with van der Waals surface area (Å²) < 4.78 is 0. The van der Waals surface area contributed by atoms with E-state index < -0.39 is 0 Å². The van der Waals surface area contributed by atoms with Crippen LogP contribution in [0.25, 0.3) is 65.4 Å². The molecule has 0 saturated carbocycles. The van der Waals surface area contributed by atoms with Crippen molar-refractivity contribution in [2.24, 2.45) is 0 Å². The molecule has 12 rings (SSSR count). The highest BCUT2D eigenvalue weighted by Crippen LogP contribution is 2.20. The standard InChI is InChI=1S/3C11H11N.3C10H10N2.8C2H6/c3*1-8-7-9(2)12-11-6-4-3-5-10(8)11;3*1-7-9-5-3-4-6-10(9)12-8(2)11-7;8*1-2/h3*3-7H,1-2H3;3*3-6H,1-2H3;8*1-2H3. The zero-order valence-corrected chi connectivity index (χ0v) is 59.6. The Labute approximate surface area is 533 Å². The van der Waals surface area contributed by atoms with Crippen molar-refractivity contribution in [3.05, 3.63) is 232 Å². The molecule has 9 nitrogen and oxygen atoms in total. The smallest absolute Gasteiger partial charge is 0.126 e. The summed E-state index contributed by atoms with van der Waals surface area (Å²) in [5, 5.41) is 7.18. The Morgan fingerprint density at radius 3 is 0.534 bits per heavy atom. The van der Waals surface area contributed by atoms with Gasteiger partial charge in [0.2, 0.25) is 0 Å². The number of pyridine rings is 3. The van der Waals surface area contributed by atoms with Gasteiger partial charge in [-0.15, -0.1) is 0 Å². The van der Waals surface area contributed by atoms with E-state index in [1.165, 1.54) is 32.8 Å².